The molecule has 2 aliphatic rings. The van der Waals surface area contributed by atoms with Crippen molar-refractivity contribution in [1.29, 1.82) is 0 Å². The third kappa shape index (κ3) is 3.94. The molecule has 2 saturated heterocycles. The van der Waals surface area contributed by atoms with E-state index in [0.29, 0.717) is 24.8 Å². The fraction of sp³-hybridized carbons (Fsp3) is 0.458. The smallest absolute Gasteiger partial charge is 0.326 e. The second-order valence-electron chi connectivity index (χ2n) is 8.68. The van der Waals surface area contributed by atoms with E-state index >= 15 is 0 Å². The highest BCUT2D eigenvalue weighted by molar-refractivity contribution is 6.31. The molecule has 7 heteroatoms. The summed E-state index contributed by atoms with van der Waals surface area (Å²) < 4.78 is 14.2. The maximum atomic E-state index is 12.6. The number of halogens is 1. The van der Waals surface area contributed by atoms with E-state index in [4.69, 9.17) is 21.1 Å². The lowest BCUT2D eigenvalue weighted by atomic mass is 9.88. The van der Waals surface area contributed by atoms with E-state index in [2.05, 4.69) is 41.1 Å². The van der Waals surface area contributed by atoms with Crippen molar-refractivity contribution in [2.75, 3.05) is 39.5 Å². The first-order valence-electron chi connectivity index (χ1n) is 11.0. The van der Waals surface area contributed by atoms with Gasteiger partial charge < -0.3 is 14.5 Å². The van der Waals surface area contributed by atoms with Crippen LogP contribution in [0.4, 0.5) is 0 Å². The van der Waals surface area contributed by atoms with Gasteiger partial charge in [-0.05, 0) is 49.1 Å². The van der Waals surface area contributed by atoms with E-state index in [1.165, 1.54) is 11.1 Å². The summed E-state index contributed by atoms with van der Waals surface area (Å²) in [4.78, 5) is 18.0. The Balaban J connectivity index is 1.34. The van der Waals surface area contributed by atoms with Crippen LogP contribution in [-0.2, 0) is 15.1 Å². The molecule has 0 amide bonds. The number of piperidine rings is 1. The number of H-pyrrole nitrogens is 1. The molecular weight excluding hydrogens is 414 g/mol. The first-order chi connectivity index (χ1) is 15.1. The molecule has 1 N–H and O–H groups in total. The van der Waals surface area contributed by atoms with Gasteiger partial charge in [0.25, 0.3) is 0 Å². The van der Waals surface area contributed by atoms with Gasteiger partial charge in [0.2, 0.25) is 0 Å². The minimum atomic E-state index is -0.440. The van der Waals surface area contributed by atoms with Crippen molar-refractivity contribution in [3.63, 3.8) is 0 Å². The third-order valence-electron chi connectivity index (χ3n) is 6.66. The molecule has 0 saturated carbocycles. The van der Waals surface area contributed by atoms with Gasteiger partial charge in [0.15, 0.2) is 0 Å². The molecule has 5 rings (SSSR count). The van der Waals surface area contributed by atoms with Gasteiger partial charge in [0.1, 0.15) is 5.60 Å². The molecule has 1 unspecified atom stereocenters. The summed E-state index contributed by atoms with van der Waals surface area (Å²) in [5.41, 5.74) is 3.66. The van der Waals surface area contributed by atoms with Gasteiger partial charge >= 0.3 is 5.69 Å². The molecule has 31 heavy (non-hydrogen) atoms. The highest BCUT2D eigenvalue weighted by atomic mass is 35.5. The van der Waals surface area contributed by atoms with Gasteiger partial charge in [-0.2, -0.15) is 0 Å². The SMILES string of the molecule is Cc1ccccc1C1(CN2CCC(n3c(=O)[nH]c4cc(Cl)ccc43)CC2)COCCO1. The van der Waals surface area contributed by atoms with E-state index in [9.17, 15) is 4.79 Å². The number of ether oxygens (including phenoxy) is 2. The number of hydrogen-bond donors (Lipinski definition) is 1. The van der Waals surface area contributed by atoms with Crippen molar-refractivity contribution in [3.8, 4) is 0 Å². The lowest BCUT2D eigenvalue weighted by molar-refractivity contribution is -0.174. The minimum absolute atomic E-state index is 0.0592. The molecule has 0 radical (unpaired) electrons. The number of nitrogens with one attached hydrogen (secondary N) is 1. The van der Waals surface area contributed by atoms with E-state index in [0.717, 1.165) is 43.5 Å². The molecule has 3 aromatic rings. The zero-order valence-corrected chi connectivity index (χ0v) is 18.5. The summed E-state index contributed by atoms with van der Waals surface area (Å²) in [5, 5.41) is 0.631. The molecule has 6 nitrogen and oxygen atoms in total. The van der Waals surface area contributed by atoms with Crippen molar-refractivity contribution in [1.82, 2.24) is 14.5 Å². The van der Waals surface area contributed by atoms with Crippen LogP contribution in [0.3, 0.4) is 0 Å². The van der Waals surface area contributed by atoms with Crippen LogP contribution in [0.5, 0.6) is 0 Å². The highest BCUT2D eigenvalue weighted by Crippen LogP contribution is 2.34. The van der Waals surface area contributed by atoms with Crippen LogP contribution in [0.2, 0.25) is 5.02 Å². The van der Waals surface area contributed by atoms with Gasteiger partial charge in [0, 0.05) is 30.7 Å². The first-order valence-corrected chi connectivity index (χ1v) is 11.3. The van der Waals surface area contributed by atoms with Crippen LogP contribution in [0.15, 0.2) is 47.3 Å². The predicted octanol–water partition coefficient (Wildman–Crippen LogP) is 3.87. The Hall–Kier alpha value is -2.12. The summed E-state index contributed by atoms with van der Waals surface area (Å²) in [6.07, 6.45) is 1.83. The fourth-order valence-electron chi connectivity index (χ4n) is 5.15. The zero-order valence-electron chi connectivity index (χ0n) is 17.8. The Kier molecular flexibility index (Phi) is 5.65. The summed E-state index contributed by atoms with van der Waals surface area (Å²) in [7, 11) is 0. The third-order valence-corrected chi connectivity index (χ3v) is 6.89. The number of nitrogens with zero attached hydrogens (tertiary/aromatic N) is 2. The largest absolute Gasteiger partial charge is 0.376 e. The number of hydrogen-bond acceptors (Lipinski definition) is 4. The monoisotopic (exact) mass is 441 g/mol. The number of fused-ring (bicyclic) bond motifs is 1. The minimum Gasteiger partial charge on any atom is -0.376 e. The van der Waals surface area contributed by atoms with Crippen molar-refractivity contribution in [2.45, 2.75) is 31.4 Å². The fourth-order valence-corrected chi connectivity index (χ4v) is 5.33. The van der Waals surface area contributed by atoms with Crippen molar-refractivity contribution >= 4 is 22.6 Å². The van der Waals surface area contributed by atoms with E-state index < -0.39 is 5.60 Å². The number of aromatic nitrogens is 2. The Labute approximate surface area is 186 Å². The van der Waals surface area contributed by atoms with Crippen molar-refractivity contribution in [3.05, 3.63) is 69.1 Å². The van der Waals surface area contributed by atoms with E-state index in [-0.39, 0.29) is 11.7 Å². The molecule has 164 valence electrons. The van der Waals surface area contributed by atoms with Gasteiger partial charge in [-0.25, -0.2) is 4.79 Å². The quantitative estimate of drug-likeness (QED) is 0.667. The molecule has 2 aliphatic heterocycles. The number of imidazole rings is 1. The van der Waals surface area contributed by atoms with Crippen LogP contribution in [0, 0.1) is 6.92 Å². The van der Waals surface area contributed by atoms with Crippen LogP contribution >= 0.6 is 11.6 Å². The first kappa shape index (κ1) is 20.8. The normalized spacial score (nSPS) is 23.4. The molecule has 2 aromatic carbocycles. The number of benzene rings is 2. The maximum absolute atomic E-state index is 12.6. The molecule has 0 spiro atoms. The number of likely N-dealkylation sites (tertiary alicyclic amines) is 1. The van der Waals surface area contributed by atoms with Crippen molar-refractivity contribution in [2.24, 2.45) is 0 Å². The topological polar surface area (TPSA) is 59.5 Å². The maximum Gasteiger partial charge on any atom is 0.326 e. The number of aromatic amines is 1. The second-order valence-corrected chi connectivity index (χ2v) is 9.12. The van der Waals surface area contributed by atoms with Gasteiger partial charge in [-0.15, -0.1) is 0 Å². The molecule has 1 atom stereocenters. The van der Waals surface area contributed by atoms with Crippen LogP contribution in [0.1, 0.15) is 30.0 Å². The Morgan fingerprint density at radius 1 is 1.16 bits per heavy atom. The average Bonchev–Trinajstić information content (AvgIpc) is 3.10. The zero-order chi connectivity index (χ0) is 21.4. The van der Waals surface area contributed by atoms with Crippen LogP contribution in [0.25, 0.3) is 11.0 Å². The average molecular weight is 442 g/mol. The second kappa shape index (κ2) is 8.43. The lowest BCUT2D eigenvalue weighted by Crippen LogP contribution is -2.51. The van der Waals surface area contributed by atoms with Gasteiger partial charge in [-0.1, -0.05) is 35.9 Å². The van der Waals surface area contributed by atoms with E-state index in [1.807, 2.05) is 22.8 Å². The molecule has 0 aliphatic carbocycles. The number of rotatable bonds is 4. The highest BCUT2D eigenvalue weighted by Gasteiger charge is 2.40. The van der Waals surface area contributed by atoms with E-state index in [1.54, 1.807) is 0 Å². The summed E-state index contributed by atoms with van der Waals surface area (Å²) in [6.45, 7) is 6.57. The molecular formula is C24H28ClN3O3. The molecule has 3 heterocycles. The molecule has 0 bridgehead atoms. The van der Waals surface area contributed by atoms with Gasteiger partial charge in [-0.3, -0.25) is 9.47 Å². The van der Waals surface area contributed by atoms with Crippen molar-refractivity contribution < 1.29 is 9.47 Å². The number of aryl methyl sites for hydroxylation is 1. The Bertz CT molecular complexity index is 1120. The molecule has 1 aromatic heterocycles. The van der Waals surface area contributed by atoms with Gasteiger partial charge in [0.05, 0.1) is 30.9 Å². The standard InChI is InChI=1S/C24H28ClN3O3/c1-17-4-2-3-5-20(17)24(16-30-12-13-31-24)15-27-10-8-19(9-11-27)28-22-7-6-18(25)14-21(22)26-23(28)29/h2-7,14,19H,8-13,15-16H2,1H3,(H,26,29). The lowest BCUT2D eigenvalue weighted by Gasteiger charge is -2.43. The summed E-state index contributed by atoms with van der Waals surface area (Å²) >= 11 is 6.09. The predicted molar refractivity (Wildman–Crippen MR) is 122 cm³/mol. The Morgan fingerprint density at radius 3 is 2.71 bits per heavy atom. The summed E-state index contributed by atoms with van der Waals surface area (Å²) in [6, 6.07) is 14.2. The summed E-state index contributed by atoms with van der Waals surface area (Å²) in [5.74, 6) is 0. The Morgan fingerprint density at radius 2 is 1.97 bits per heavy atom. The van der Waals surface area contributed by atoms with Crippen LogP contribution < -0.4 is 5.69 Å². The molecule has 2 fully saturated rings. The van der Waals surface area contributed by atoms with Crippen LogP contribution in [-0.4, -0.2) is 53.9 Å².